The molecule has 0 bridgehead atoms. The number of hydrogen-bond acceptors (Lipinski definition) is 4. The molecule has 1 saturated heterocycles. The Labute approximate surface area is 175 Å². The second-order valence-corrected chi connectivity index (χ2v) is 8.89. The van der Waals surface area contributed by atoms with E-state index in [1.54, 1.807) is 17.4 Å². The van der Waals surface area contributed by atoms with E-state index >= 15 is 0 Å². The number of aryl methyl sites for hydroxylation is 1. The highest BCUT2D eigenvalue weighted by Crippen LogP contribution is 2.25. The van der Waals surface area contributed by atoms with Gasteiger partial charge in [0.05, 0.1) is 20.7 Å². The van der Waals surface area contributed by atoms with E-state index in [1.165, 1.54) is 0 Å². The van der Waals surface area contributed by atoms with Crippen LogP contribution in [0.4, 0.5) is 0 Å². The Morgan fingerprint density at radius 2 is 2.04 bits per heavy atom. The zero-order valence-electron chi connectivity index (χ0n) is 15.8. The number of carbonyl (C=O) groups is 1. The molecule has 2 aromatic rings. The third kappa shape index (κ3) is 5.44. The lowest BCUT2D eigenvalue weighted by Crippen LogP contribution is -2.42. The quantitative estimate of drug-likeness (QED) is 0.651. The molecular weight excluding hydrogens is 401 g/mol. The molecule has 0 aliphatic carbocycles. The highest BCUT2D eigenvalue weighted by atomic mass is 35.5. The van der Waals surface area contributed by atoms with E-state index in [0.717, 1.165) is 48.7 Å². The van der Waals surface area contributed by atoms with Crippen molar-refractivity contribution in [2.75, 3.05) is 19.6 Å². The fraction of sp³-hybridized carbons (Fsp3) is 0.500. The van der Waals surface area contributed by atoms with Gasteiger partial charge in [0.25, 0.3) is 0 Å². The first-order valence-corrected chi connectivity index (χ1v) is 11.0. The van der Waals surface area contributed by atoms with Crippen LogP contribution < -0.4 is 0 Å². The number of rotatable bonds is 6. The number of piperidine rings is 1. The molecule has 1 aromatic carbocycles. The van der Waals surface area contributed by atoms with E-state index in [0.29, 0.717) is 23.1 Å². The van der Waals surface area contributed by atoms with Gasteiger partial charge in [-0.1, -0.05) is 29.3 Å². The van der Waals surface area contributed by atoms with E-state index < -0.39 is 0 Å². The number of benzene rings is 1. The summed E-state index contributed by atoms with van der Waals surface area (Å²) in [5, 5.41) is 4.31. The third-order valence-electron chi connectivity index (χ3n) is 5.04. The highest BCUT2D eigenvalue weighted by molar-refractivity contribution is 7.09. The summed E-state index contributed by atoms with van der Waals surface area (Å²) >= 11 is 13.8. The van der Waals surface area contributed by atoms with Gasteiger partial charge < -0.3 is 4.90 Å². The van der Waals surface area contributed by atoms with Crippen LogP contribution in [0.2, 0.25) is 10.0 Å². The average molecular weight is 426 g/mol. The number of carbonyl (C=O) groups excluding carboxylic acids is 1. The molecule has 0 N–H and O–H groups in total. The first-order chi connectivity index (χ1) is 13.0. The van der Waals surface area contributed by atoms with Gasteiger partial charge in [-0.25, -0.2) is 4.98 Å². The lowest BCUT2D eigenvalue weighted by molar-refractivity contribution is -0.137. The van der Waals surface area contributed by atoms with Crippen molar-refractivity contribution in [2.45, 2.75) is 39.8 Å². The van der Waals surface area contributed by atoms with Crippen molar-refractivity contribution in [1.82, 2.24) is 14.8 Å². The summed E-state index contributed by atoms with van der Waals surface area (Å²) in [7, 11) is 0. The molecule has 0 unspecified atom stereocenters. The van der Waals surface area contributed by atoms with Crippen LogP contribution in [0.1, 0.15) is 36.0 Å². The number of hydrogen-bond donors (Lipinski definition) is 0. The predicted octanol–water partition coefficient (Wildman–Crippen LogP) is 5.02. The van der Waals surface area contributed by atoms with Gasteiger partial charge in [-0.3, -0.25) is 9.69 Å². The normalized spacial score (nSPS) is 15.9. The van der Waals surface area contributed by atoms with E-state index in [-0.39, 0.29) is 11.8 Å². The molecule has 1 aliphatic heterocycles. The summed E-state index contributed by atoms with van der Waals surface area (Å²) in [5.74, 6) is 0.342. The second kappa shape index (κ2) is 9.37. The van der Waals surface area contributed by atoms with Crippen molar-refractivity contribution in [1.29, 1.82) is 0 Å². The molecule has 1 amide bonds. The molecule has 0 atom stereocenters. The average Bonchev–Trinajstić information content (AvgIpc) is 3.07. The molecule has 3 rings (SSSR count). The van der Waals surface area contributed by atoms with Crippen LogP contribution in [0.5, 0.6) is 0 Å². The Morgan fingerprint density at radius 1 is 1.30 bits per heavy atom. The zero-order chi connectivity index (χ0) is 19.4. The number of amides is 1. The lowest BCUT2D eigenvalue weighted by atomic mass is 9.95. The van der Waals surface area contributed by atoms with Crippen LogP contribution in [0.3, 0.4) is 0 Å². The van der Waals surface area contributed by atoms with Crippen molar-refractivity contribution in [3.63, 3.8) is 0 Å². The van der Waals surface area contributed by atoms with Crippen molar-refractivity contribution >= 4 is 40.4 Å². The first kappa shape index (κ1) is 20.6. The van der Waals surface area contributed by atoms with E-state index in [9.17, 15) is 4.79 Å². The molecule has 7 heteroatoms. The number of aromatic nitrogens is 1. The first-order valence-electron chi connectivity index (χ1n) is 9.32. The highest BCUT2D eigenvalue weighted by Gasteiger charge is 2.28. The minimum absolute atomic E-state index is 0.0983. The Kier molecular flexibility index (Phi) is 7.15. The molecule has 4 nitrogen and oxygen atoms in total. The maximum Gasteiger partial charge on any atom is 0.226 e. The van der Waals surface area contributed by atoms with E-state index in [1.807, 2.05) is 30.9 Å². The summed E-state index contributed by atoms with van der Waals surface area (Å²) in [5.41, 5.74) is 2.15. The standard InChI is InChI=1S/C20H25Cl2N3OS/c1-3-25(11-15-4-5-18(21)19(22)10-15)20(26)16-6-8-24(9-7-16)12-17-13-27-14(2)23-17/h4-5,10,13,16H,3,6-9,11-12H2,1-2H3. The van der Waals surface area contributed by atoms with Crippen molar-refractivity contribution in [3.05, 3.63) is 49.9 Å². The molecule has 0 saturated carbocycles. The van der Waals surface area contributed by atoms with Crippen LogP contribution >= 0.6 is 34.5 Å². The molecule has 2 heterocycles. The lowest BCUT2D eigenvalue weighted by Gasteiger charge is -2.33. The maximum absolute atomic E-state index is 13.0. The number of likely N-dealkylation sites (tertiary alicyclic amines) is 1. The Morgan fingerprint density at radius 3 is 2.63 bits per heavy atom. The Hall–Kier alpha value is -1.14. The summed E-state index contributed by atoms with van der Waals surface area (Å²) in [6.45, 7) is 8.09. The third-order valence-corrected chi connectivity index (χ3v) is 6.60. The molecule has 0 radical (unpaired) electrons. The topological polar surface area (TPSA) is 36.4 Å². The number of thiazole rings is 1. The van der Waals surface area contributed by atoms with Crippen LogP contribution in [0, 0.1) is 12.8 Å². The Balaban J connectivity index is 1.54. The van der Waals surface area contributed by atoms with Gasteiger partial charge in [0.15, 0.2) is 0 Å². The molecule has 1 aromatic heterocycles. The molecule has 1 aliphatic rings. The van der Waals surface area contributed by atoms with Gasteiger partial charge >= 0.3 is 0 Å². The van der Waals surface area contributed by atoms with Crippen molar-refractivity contribution in [3.8, 4) is 0 Å². The maximum atomic E-state index is 13.0. The predicted molar refractivity (Wildman–Crippen MR) is 112 cm³/mol. The SMILES string of the molecule is CCN(Cc1ccc(Cl)c(Cl)c1)C(=O)C1CCN(Cc2csc(C)n2)CC1. The zero-order valence-corrected chi connectivity index (χ0v) is 18.1. The summed E-state index contributed by atoms with van der Waals surface area (Å²) in [6, 6.07) is 5.57. The molecule has 1 fully saturated rings. The van der Waals surface area contributed by atoms with Gasteiger partial charge in [-0.2, -0.15) is 0 Å². The molecule has 27 heavy (non-hydrogen) atoms. The van der Waals surface area contributed by atoms with Gasteiger partial charge in [0, 0.05) is 30.9 Å². The van der Waals surface area contributed by atoms with Gasteiger partial charge in [-0.05, 0) is 57.5 Å². The number of halogens is 2. The fourth-order valence-electron chi connectivity index (χ4n) is 3.51. The van der Waals surface area contributed by atoms with Crippen LogP contribution in [-0.2, 0) is 17.9 Å². The summed E-state index contributed by atoms with van der Waals surface area (Å²) in [4.78, 5) is 21.9. The minimum atomic E-state index is 0.0983. The monoisotopic (exact) mass is 425 g/mol. The number of nitrogens with zero attached hydrogens (tertiary/aromatic N) is 3. The van der Waals surface area contributed by atoms with E-state index in [2.05, 4.69) is 15.3 Å². The molecular formula is C20H25Cl2N3OS. The second-order valence-electron chi connectivity index (χ2n) is 7.01. The van der Waals surface area contributed by atoms with Gasteiger partial charge in [0.2, 0.25) is 5.91 Å². The minimum Gasteiger partial charge on any atom is -0.338 e. The summed E-state index contributed by atoms with van der Waals surface area (Å²) < 4.78 is 0. The van der Waals surface area contributed by atoms with E-state index in [4.69, 9.17) is 23.2 Å². The molecule has 146 valence electrons. The van der Waals surface area contributed by atoms with Crippen LogP contribution in [0.25, 0.3) is 0 Å². The smallest absolute Gasteiger partial charge is 0.226 e. The largest absolute Gasteiger partial charge is 0.338 e. The van der Waals surface area contributed by atoms with Crippen LogP contribution in [0.15, 0.2) is 23.6 Å². The van der Waals surface area contributed by atoms with Crippen molar-refractivity contribution < 1.29 is 4.79 Å². The Bertz CT molecular complexity index is 787. The van der Waals surface area contributed by atoms with Gasteiger partial charge in [-0.15, -0.1) is 11.3 Å². The summed E-state index contributed by atoms with van der Waals surface area (Å²) in [6.07, 6.45) is 1.81. The van der Waals surface area contributed by atoms with Crippen molar-refractivity contribution in [2.24, 2.45) is 5.92 Å². The molecule has 0 spiro atoms. The fourth-order valence-corrected chi connectivity index (χ4v) is 4.43. The van der Waals surface area contributed by atoms with Crippen LogP contribution in [-0.4, -0.2) is 40.3 Å². The van der Waals surface area contributed by atoms with Gasteiger partial charge in [0.1, 0.15) is 0 Å².